The van der Waals surface area contributed by atoms with Gasteiger partial charge in [-0.2, -0.15) is 0 Å². The number of aryl methyl sites for hydroxylation is 2. The molecule has 1 saturated heterocycles. The molecule has 3 heteroatoms. The third-order valence-corrected chi connectivity index (χ3v) is 4.32. The Morgan fingerprint density at radius 3 is 2.68 bits per heavy atom. The second-order valence-corrected chi connectivity index (χ2v) is 5.81. The first-order valence-corrected chi connectivity index (χ1v) is 7.00. The maximum Gasteiger partial charge on any atom is 0.307 e. The SMILES string of the molecule is Cc1ccc(CN2CC(C(=O)O)CCC2C)cc1C. The zero-order chi connectivity index (χ0) is 14.0. The summed E-state index contributed by atoms with van der Waals surface area (Å²) in [6, 6.07) is 6.98. The Morgan fingerprint density at radius 1 is 1.32 bits per heavy atom. The minimum Gasteiger partial charge on any atom is -0.481 e. The first-order chi connectivity index (χ1) is 8.97. The molecule has 1 aliphatic heterocycles. The second-order valence-electron chi connectivity index (χ2n) is 5.81. The number of piperidine rings is 1. The van der Waals surface area contributed by atoms with E-state index in [2.05, 4.69) is 43.9 Å². The van der Waals surface area contributed by atoms with Crippen LogP contribution in [-0.4, -0.2) is 28.6 Å². The van der Waals surface area contributed by atoms with E-state index in [1.807, 2.05) is 0 Å². The molecular formula is C16H23NO2. The van der Waals surface area contributed by atoms with Crippen LogP contribution in [0.5, 0.6) is 0 Å². The predicted octanol–water partition coefficient (Wildman–Crippen LogP) is 2.99. The quantitative estimate of drug-likeness (QED) is 0.909. The number of carboxylic acids is 1. The molecule has 0 spiro atoms. The summed E-state index contributed by atoms with van der Waals surface area (Å²) in [5.74, 6) is -0.861. The summed E-state index contributed by atoms with van der Waals surface area (Å²) in [5.41, 5.74) is 3.89. The number of aliphatic carboxylic acids is 1. The van der Waals surface area contributed by atoms with Crippen LogP contribution in [0.4, 0.5) is 0 Å². The topological polar surface area (TPSA) is 40.5 Å². The van der Waals surface area contributed by atoms with Gasteiger partial charge in [-0.05, 0) is 50.3 Å². The van der Waals surface area contributed by atoms with Crippen molar-refractivity contribution in [1.82, 2.24) is 4.90 Å². The Hall–Kier alpha value is -1.35. The van der Waals surface area contributed by atoms with E-state index >= 15 is 0 Å². The highest BCUT2D eigenvalue weighted by Crippen LogP contribution is 2.24. The zero-order valence-electron chi connectivity index (χ0n) is 12.0. The van der Waals surface area contributed by atoms with Crippen LogP contribution in [0.3, 0.4) is 0 Å². The molecule has 104 valence electrons. The van der Waals surface area contributed by atoms with Crippen molar-refractivity contribution >= 4 is 5.97 Å². The number of carbonyl (C=O) groups is 1. The van der Waals surface area contributed by atoms with Gasteiger partial charge in [0.2, 0.25) is 0 Å². The summed E-state index contributed by atoms with van der Waals surface area (Å²) in [5, 5.41) is 9.16. The average Bonchev–Trinajstić information content (AvgIpc) is 2.36. The van der Waals surface area contributed by atoms with E-state index in [1.54, 1.807) is 0 Å². The Bertz CT molecular complexity index is 470. The molecule has 1 heterocycles. The van der Waals surface area contributed by atoms with Gasteiger partial charge < -0.3 is 5.11 Å². The molecule has 1 aromatic rings. The van der Waals surface area contributed by atoms with Crippen molar-refractivity contribution in [1.29, 1.82) is 0 Å². The van der Waals surface area contributed by atoms with E-state index in [-0.39, 0.29) is 5.92 Å². The fourth-order valence-corrected chi connectivity index (χ4v) is 2.74. The summed E-state index contributed by atoms with van der Waals surface area (Å²) >= 11 is 0. The minimum atomic E-state index is -0.656. The zero-order valence-corrected chi connectivity index (χ0v) is 12.0. The van der Waals surface area contributed by atoms with Crippen LogP contribution in [0.25, 0.3) is 0 Å². The molecule has 0 aromatic heterocycles. The highest BCUT2D eigenvalue weighted by molar-refractivity contribution is 5.70. The van der Waals surface area contributed by atoms with E-state index in [0.29, 0.717) is 12.6 Å². The molecule has 1 fully saturated rings. The van der Waals surface area contributed by atoms with Crippen molar-refractivity contribution in [3.8, 4) is 0 Å². The summed E-state index contributed by atoms with van der Waals surface area (Å²) in [7, 11) is 0. The van der Waals surface area contributed by atoms with Gasteiger partial charge in [-0.1, -0.05) is 18.2 Å². The fourth-order valence-electron chi connectivity index (χ4n) is 2.74. The van der Waals surface area contributed by atoms with Gasteiger partial charge in [0.25, 0.3) is 0 Å². The van der Waals surface area contributed by atoms with Crippen molar-refractivity contribution in [2.45, 2.75) is 46.2 Å². The molecule has 0 bridgehead atoms. The smallest absolute Gasteiger partial charge is 0.307 e. The molecule has 0 aliphatic carbocycles. The minimum absolute atomic E-state index is 0.206. The first kappa shape index (κ1) is 14.1. The second kappa shape index (κ2) is 5.74. The van der Waals surface area contributed by atoms with Crippen LogP contribution in [0, 0.1) is 19.8 Å². The normalized spacial score (nSPS) is 24.4. The van der Waals surface area contributed by atoms with Gasteiger partial charge in [-0.3, -0.25) is 9.69 Å². The van der Waals surface area contributed by atoms with Crippen LogP contribution < -0.4 is 0 Å². The highest BCUT2D eigenvalue weighted by atomic mass is 16.4. The average molecular weight is 261 g/mol. The highest BCUT2D eigenvalue weighted by Gasteiger charge is 2.29. The number of nitrogens with zero attached hydrogens (tertiary/aromatic N) is 1. The Kier molecular flexibility index (Phi) is 4.25. The summed E-state index contributed by atoms with van der Waals surface area (Å²) < 4.78 is 0. The van der Waals surface area contributed by atoms with E-state index in [4.69, 9.17) is 5.11 Å². The van der Waals surface area contributed by atoms with E-state index < -0.39 is 5.97 Å². The summed E-state index contributed by atoms with van der Waals surface area (Å²) in [4.78, 5) is 13.4. The number of benzene rings is 1. The van der Waals surface area contributed by atoms with Crippen molar-refractivity contribution in [2.75, 3.05) is 6.54 Å². The van der Waals surface area contributed by atoms with E-state index in [1.165, 1.54) is 16.7 Å². The van der Waals surface area contributed by atoms with Crippen LogP contribution in [-0.2, 0) is 11.3 Å². The molecule has 1 aliphatic rings. The largest absolute Gasteiger partial charge is 0.481 e. The molecule has 0 saturated carbocycles. The lowest BCUT2D eigenvalue weighted by atomic mass is 9.93. The van der Waals surface area contributed by atoms with Crippen molar-refractivity contribution < 1.29 is 9.90 Å². The molecule has 3 nitrogen and oxygen atoms in total. The summed E-state index contributed by atoms with van der Waals surface area (Å²) in [6.45, 7) is 7.95. The van der Waals surface area contributed by atoms with Crippen molar-refractivity contribution in [3.05, 3.63) is 34.9 Å². The maximum absolute atomic E-state index is 11.1. The van der Waals surface area contributed by atoms with Crippen LogP contribution in [0.2, 0.25) is 0 Å². The predicted molar refractivity (Wildman–Crippen MR) is 76.1 cm³/mol. The van der Waals surface area contributed by atoms with Gasteiger partial charge in [-0.15, -0.1) is 0 Å². The van der Waals surface area contributed by atoms with Gasteiger partial charge in [0.05, 0.1) is 5.92 Å². The van der Waals surface area contributed by atoms with Crippen LogP contribution in [0.1, 0.15) is 36.5 Å². The first-order valence-electron chi connectivity index (χ1n) is 7.00. The number of carboxylic acid groups (broad SMARTS) is 1. The molecule has 19 heavy (non-hydrogen) atoms. The van der Waals surface area contributed by atoms with Crippen molar-refractivity contribution in [2.24, 2.45) is 5.92 Å². The lowest BCUT2D eigenvalue weighted by Crippen LogP contribution is -2.43. The van der Waals surface area contributed by atoms with Gasteiger partial charge in [-0.25, -0.2) is 0 Å². The Morgan fingerprint density at radius 2 is 2.05 bits per heavy atom. The third-order valence-electron chi connectivity index (χ3n) is 4.32. The summed E-state index contributed by atoms with van der Waals surface area (Å²) in [6.07, 6.45) is 1.78. The molecule has 0 amide bonds. The lowest BCUT2D eigenvalue weighted by molar-refractivity contribution is -0.144. The Balaban J connectivity index is 2.07. The molecular weight excluding hydrogens is 238 g/mol. The van der Waals surface area contributed by atoms with Gasteiger partial charge in [0.1, 0.15) is 0 Å². The van der Waals surface area contributed by atoms with Gasteiger partial charge >= 0.3 is 5.97 Å². The molecule has 2 rings (SSSR count). The Labute approximate surface area is 115 Å². The van der Waals surface area contributed by atoms with Gasteiger partial charge in [0.15, 0.2) is 0 Å². The number of hydrogen-bond acceptors (Lipinski definition) is 2. The molecule has 2 atom stereocenters. The molecule has 1 N–H and O–H groups in total. The fraction of sp³-hybridized carbons (Fsp3) is 0.562. The molecule has 2 unspecified atom stereocenters. The number of rotatable bonds is 3. The standard InChI is InChI=1S/C16H23NO2/c1-11-4-6-14(8-12(11)2)9-17-10-15(16(18)19)7-5-13(17)3/h4,6,8,13,15H,5,7,9-10H2,1-3H3,(H,18,19). The van der Waals surface area contributed by atoms with E-state index in [0.717, 1.165) is 19.4 Å². The van der Waals surface area contributed by atoms with Crippen molar-refractivity contribution in [3.63, 3.8) is 0 Å². The van der Waals surface area contributed by atoms with E-state index in [9.17, 15) is 4.79 Å². The number of likely N-dealkylation sites (tertiary alicyclic amines) is 1. The van der Waals surface area contributed by atoms with Crippen LogP contribution >= 0.6 is 0 Å². The maximum atomic E-state index is 11.1. The third kappa shape index (κ3) is 3.35. The molecule has 0 radical (unpaired) electrons. The monoisotopic (exact) mass is 261 g/mol. The number of hydrogen-bond donors (Lipinski definition) is 1. The molecule has 1 aromatic carbocycles. The lowest BCUT2D eigenvalue weighted by Gasteiger charge is -2.36. The van der Waals surface area contributed by atoms with Crippen LogP contribution in [0.15, 0.2) is 18.2 Å². The van der Waals surface area contributed by atoms with Gasteiger partial charge in [0, 0.05) is 19.1 Å².